The van der Waals surface area contributed by atoms with Crippen molar-refractivity contribution in [3.8, 4) is 5.75 Å². The van der Waals surface area contributed by atoms with Gasteiger partial charge in [-0.3, -0.25) is 0 Å². The lowest BCUT2D eigenvalue weighted by atomic mass is 9.79. The van der Waals surface area contributed by atoms with Crippen molar-refractivity contribution in [3.05, 3.63) is 17.7 Å². The molecule has 6 heteroatoms. The van der Waals surface area contributed by atoms with Crippen LogP contribution >= 0.6 is 0 Å². The lowest BCUT2D eigenvalue weighted by Gasteiger charge is -2.39. The zero-order valence-electron chi connectivity index (χ0n) is 14.2. The van der Waals surface area contributed by atoms with E-state index < -0.39 is 15.2 Å². The van der Waals surface area contributed by atoms with E-state index in [9.17, 15) is 10.0 Å². The van der Waals surface area contributed by atoms with Gasteiger partial charge in [0.15, 0.2) is 6.79 Å². The first kappa shape index (κ1) is 18.2. The number of benzene rings is 1. The summed E-state index contributed by atoms with van der Waals surface area (Å²) >= 11 is 0. The van der Waals surface area contributed by atoms with Crippen LogP contribution in [0.4, 0.5) is 0 Å². The van der Waals surface area contributed by atoms with E-state index in [1.807, 2.05) is 6.92 Å². The van der Waals surface area contributed by atoms with Crippen molar-refractivity contribution in [2.24, 2.45) is 0 Å². The van der Waals surface area contributed by atoms with Crippen LogP contribution in [0, 0.1) is 6.92 Å². The molecule has 1 rings (SSSR count). The molecule has 118 valence electrons. The summed E-state index contributed by atoms with van der Waals surface area (Å²) in [6.07, 6.45) is 0. The predicted octanol–water partition coefficient (Wildman–Crippen LogP) is 1.37. The molecular formula is C15H27BO4Si. The number of hydrogen-bond acceptors (Lipinski definition) is 4. The molecule has 2 N–H and O–H groups in total. The highest BCUT2D eigenvalue weighted by molar-refractivity contribution is 6.93. The molecule has 4 nitrogen and oxygen atoms in total. The summed E-state index contributed by atoms with van der Waals surface area (Å²) in [5, 5.41) is 20.6. The molecule has 0 heterocycles. The van der Waals surface area contributed by atoms with E-state index in [1.54, 1.807) is 13.2 Å². The Kier molecular flexibility index (Phi) is 5.66. The fraction of sp³-hybridized carbons (Fsp3) is 0.600. The summed E-state index contributed by atoms with van der Waals surface area (Å²) in [4.78, 5) is 0. The molecule has 1 aromatic carbocycles. The molecule has 0 amide bonds. The average molecular weight is 310 g/mol. The second-order valence-electron chi connectivity index (χ2n) is 7.03. The van der Waals surface area contributed by atoms with E-state index >= 15 is 0 Å². The molecular weight excluding hydrogens is 283 g/mol. The zero-order valence-corrected chi connectivity index (χ0v) is 15.2. The Hall–Kier alpha value is -0.818. The third kappa shape index (κ3) is 3.88. The zero-order chi connectivity index (χ0) is 16.4. The largest absolute Gasteiger partial charge is 0.492 e. The number of rotatable bonds is 5. The van der Waals surface area contributed by atoms with E-state index in [4.69, 9.17) is 9.47 Å². The maximum Gasteiger partial charge on any atom is 0.492 e. The quantitative estimate of drug-likeness (QED) is 0.637. The molecule has 0 aliphatic heterocycles. The smallest absolute Gasteiger partial charge is 0.468 e. The first-order valence-electron chi connectivity index (χ1n) is 7.15. The number of aryl methyl sites for hydroxylation is 1. The van der Waals surface area contributed by atoms with Gasteiger partial charge in [-0.2, -0.15) is 0 Å². The van der Waals surface area contributed by atoms with Crippen molar-refractivity contribution in [1.29, 1.82) is 0 Å². The maximum absolute atomic E-state index is 9.67. The lowest BCUT2D eigenvalue weighted by Crippen LogP contribution is -2.52. The molecule has 0 unspecified atom stereocenters. The highest BCUT2D eigenvalue weighted by atomic mass is 28.3. The van der Waals surface area contributed by atoms with E-state index in [0.717, 1.165) is 10.8 Å². The SMILES string of the molecule is COCOc1c(B(O)O)cc(C)cc1[Si](C)(C)C(C)(C)C. The predicted molar refractivity (Wildman–Crippen MR) is 90.3 cm³/mol. The Labute approximate surface area is 129 Å². The summed E-state index contributed by atoms with van der Waals surface area (Å²) in [5.74, 6) is 0.559. The molecule has 0 aliphatic carbocycles. The molecule has 0 aliphatic rings. The normalized spacial score (nSPS) is 12.4. The first-order valence-corrected chi connectivity index (χ1v) is 10.1. The van der Waals surface area contributed by atoms with Crippen LogP contribution in [0.2, 0.25) is 18.1 Å². The van der Waals surface area contributed by atoms with Gasteiger partial charge in [-0.25, -0.2) is 0 Å². The third-order valence-electron chi connectivity index (χ3n) is 4.41. The first-order chi connectivity index (χ1) is 9.52. The van der Waals surface area contributed by atoms with Crippen molar-refractivity contribution in [3.63, 3.8) is 0 Å². The topological polar surface area (TPSA) is 58.9 Å². The third-order valence-corrected chi connectivity index (χ3v) is 9.88. The van der Waals surface area contributed by atoms with Gasteiger partial charge in [0, 0.05) is 12.6 Å². The van der Waals surface area contributed by atoms with Crippen molar-refractivity contribution in [2.45, 2.75) is 45.8 Å². The Morgan fingerprint density at radius 1 is 1.19 bits per heavy atom. The molecule has 0 bridgehead atoms. The Balaban J connectivity index is 3.55. The Bertz CT molecular complexity index is 495. The molecule has 0 radical (unpaired) electrons. The fourth-order valence-electron chi connectivity index (χ4n) is 2.14. The minimum atomic E-state index is -1.89. The molecule has 1 aromatic rings. The molecule has 0 fully saturated rings. The minimum Gasteiger partial charge on any atom is -0.468 e. The van der Waals surface area contributed by atoms with Crippen molar-refractivity contribution in [1.82, 2.24) is 0 Å². The van der Waals surface area contributed by atoms with Crippen LogP contribution in [0.15, 0.2) is 12.1 Å². The molecule has 0 saturated carbocycles. The van der Waals surface area contributed by atoms with Crippen LogP contribution in [0.5, 0.6) is 5.75 Å². The fourth-order valence-corrected chi connectivity index (χ4v) is 4.32. The van der Waals surface area contributed by atoms with Gasteiger partial charge in [0.2, 0.25) is 0 Å². The highest BCUT2D eigenvalue weighted by Gasteiger charge is 2.40. The standard InChI is InChI=1S/C15H27BO4Si/c1-11-8-12(16(17)18)14(20-10-19-5)13(9-11)21(6,7)15(2,3)4/h8-9,17-18H,10H2,1-7H3. The second-order valence-corrected chi connectivity index (χ2v) is 12.3. The van der Waals surface area contributed by atoms with E-state index in [1.165, 1.54) is 0 Å². The summed E-state index contributed by atoms with van der Waals surface area (Å²) in [5.41, 5.74) is 1.41. The van der Waals surface area contributed by atoms with Crippen LogP contribution in [-0.2, 0) is 4.74 Å². The number of hydrogen-bond donors (Lipinski definition) is 2. The molecule has 0 saturated heterocycles. The number of ether oxygens (including phenoxy) is 2. The summed E-state index contributed by atoms with van der Waals surface area (Å²) in [6, 6.07) is 3.86. The van der Waals surface area contributed by atoms with Crippen molar-refractivity contribution >= 4 is 25.8 Å². The van der Waals surface area contributed by atoms with Crippen molar-refractivity contribution < 1.29 is 19.5 Å². The van der Waals surface area contributed by atoms with Crippen LogP contribution in [0.25, 0.3) is 0 Å². The molecule has 0 atom stereocenters. The van der Waals surface area contributed by atoms with Gasteiger partial charge < -0.3 is 19.5 Å². The van der Waals surface area contributed by atoms with Gasteiger partial charge >= 0.3 is 7.12 Å². The van der Waals surface area contributed by atoms with E-state index in [2.05, 4.69) is 39.9 Å². The average Bonchev–Trinajstić information content (AvgIpc) is 2.34. The van der Waals surface area contributed by atoms with E-state index in [-0.39, 0.29) is 11.8 Å². The van der Waals surface area contributed by atoms with Crippen LogP contribution in [0.3, 0.4) is 0 Å². The number of methoxy groups -OCH3 is 1. The second kappa shape index (κ2) is 6.52. The van der Waals surface area contributed by atoms with Crippen molar-refractivity contribution in [2.75, 3.05) is 13.9 Å². The Morgan fingerprint density at radius 3 is 2.19 bits per heavy atom. The highest BCUT2D eigenvalue weighted by Crippen LogP contribution is 2.37. The lowest BCUT2D eigenvalue weighted by molar-refractivity contribution is 0.0523. The monoisotopic (exact) mass is 310 g/mol. The van der Waals surface area contributed by atoms with Gasteiger partial charge in [0.25, 0.3) is 0 Å². The summed E-state index contributed by atoms with van der Waals surface area (Å²) < 4.78 is 10.7. The molecule has 21 heavy (non-hydrogen) atoms. The van der Waals surface area contributed by atoms with Crippen LogP contribution in [0.1, 0.15) is 26.3 Å². The van der Waals surface area contributed by atoms with Crippen LogP contribution < -0.4 is 15.4 Å². The van der Waals surface area contributed by atoms with Gasteiger partial charge in [0.1, 0.15) is 5.75 Å². The molecule has 0 aromatic heterocycles. The van der Waals surface area contributed by atoms with Gasteiger partial charge in [0.05, 0.1) is 8.07 Å². The summed E-state index contributed by atoms with van der Waals surface area (Å²) in [6.45, 7) is 13.3. The van der Waals surface area contributed by atoms with Gasteiger partial charge in [-0.15, -0.1) is 0 Å². The van der Waals surface area contributed by atoms with E-state index in [0.29, 0.717) is 11.2 Å². The van der Waals surface area contributed by atoms with Crippen LogP contribution in [-0.4, -0.2) is 39.1 Å². The Morgan fingerprint density at radius 2 is 1.76 bits per heavy atom. The maximum atomic E-state index is 9.67. The minimum absolute atomic E-state index is 0.0877. The molecule has 0 spiro atoms. The van der Waals surface area contributed by atoms with Gasteiger partial charge in [-0.05, 0) is 17.1 Å². The summed E-state index contributed by atoms with van der Waals surface area (Å²) in [7, 11) is -1.89. The van der Waals surface area contributed by atoms with Gasteiger partial charge in [-0.1, -0.05) is 51.6 Å².